The van der Waals surface area contributed by atoms with E-state index in [1.807, 2.05) is 0 Å². The van der Waals surface area contributed by atoms with Crippen molar-refractivity contribution in [3.63, 3.8) is 0 Å². The average molecular weight is 448 g/mol. The number of nitrogens with two attached hydrogens (primary N) is 2. The number of aliphatic hydroxyl groups excluding tert-OH is 1. The Hall–Kier alpha value is -3.13. The molecule has 164 valence electrons. The highest BCUT2D eigenvalue weighted by molar-refractivity contribution is 7.79. The Labute approximate surface area is 184 Å². The molecule has 1 aromatic carbocycles. The smallest absolute Gasteiger partial charge is 0.232 e. The lowest BCUT2D eigenvalue weighted by molar-refractivity contribution is -0.136. The number of carbonyl (C=O) groups excluding carboxylic acids is 1. The summed E-state index contributed by atoms with van der Waals surface area (Å²) in [5.41, 5.74) is 10.1. The second-order valence-electron chi connectivity index (χ2n) is 6.96. The summed E-state index contributed by atoms with van der Waals surface area (Å²) in [5.74, 6) is 2.33. The van der Waals surface area contributed by atoms with Crippen LogP contribution in [0.5, 0.6) is 0 Å². The second-order valence-corrected chi connectivity index (χ2v) is 7.20. The van der Waals surface area contributed by atoms with Gasteiger partial charge in [-0.15, -0.1) is 0 Å². The first kappa shape index (κ1) is 24.1. The number of aliphatic imine (C=N–C) groups is 1. The van der Waals surface area contributed by atoms with E-state index < -0.39 is 35.1 Å². The van der Waals surface area contributed by atoms with Crippen molar-refractivity contribution in [1.82, 2.24) is 4.90 Å². The first-order chi connectivity index (χ1) is 14.6. The van der Waals surface area contributed by atoms with Gasteiger partial charge in [0, 0.05) is 48.6 Å². The summed E-state index contributed by atoms with van der Waals surface area (Å²) in [6.07, 6.45) is 2.05. The van der Waals surface area contributed by atoms with E-state index in [0.717, 1.165) is 12.1 Å². The van der Waals surface area contributed by atoms with Crippen molar-refractivity contribution in [3.05, 3.63) is 52.9 Å². The Bertz CT molecular complexity index is 1020. The minimum Gasteiger partial charge on any atom is -0.404 e. The maximum Gasteiger partial charge on any atom is 0.232 e. The molecule has 1 aliphatic rings. The Balaban J connectivity index is 2.48. The van der Waals surface area contributed by atoms with Crippen LogP contribution in [0.25, 0.3) is 0 Å². The van der Waals surface area contributed by atoms with Crippen molar-refractivity contribution in [2.45, 2.75) is 25.2 Å². The van der Waals surface area contributed by atoms with E-state index in [2.05, 4.69) is 16.8 Å². The van der Waals surface area contributed by atoms with Crippen LogP contribution in [0.4, 0.5) is 14.5 Å². The van der Waals surface area contributed by atoms with E-state index in [-0.39, 0.29) is 12.0 Å². The molecule has 1 aliphatic heterocycles. The highest BCUT2D eigenvalue weighted by atomic mass is 32.1. The third-order valence-electron chi connectivity index (χ3n) is 5.11. The molecule has 1 unspecified atom stereocenters. The number of thiocarbonyl (C=S) groups is 1. The molecule has 1 aromatic rings. The number of hydrogen-bond acceptors (Lipinski definition) is 7. The van der Waals surface area contributed by atoms with Gasteiger partial charge in [0.05, 0.1) is 11.1 Å². The average Bonchev–Trinajstić information content (AvgIpc) is 2.73. The summed E-state index contributed by atoms with van der Waals surface area (Å²) in [6.45, 7) is 1.68. The Morgan fingerprint density at radius 1 is 1.35 bits per heavy atom. The van der Waals surface area contributed by atoms with Crippen LogP contribution in [0, 0.1) is 23.5 Å². The number of carbonyl (C=O) groups is 1. The quantitative estimate of drug-likeness (QED) is 0.279. The predicted octanol–water partition coefficient (Wildman–Crippen LogP) is 1.40. The molecule has 0 bridgehead atoms. The third kappa shape index (κ3) is 4.64. The van der Waals surface area contributed by atoms with Gasteiger partial charge >= 0.3 is 0 Å². The van der Waals surface area contributed by atoms with Gasteiger partial charge in [-0.05, 0) is 26.1 Å². The van der Waals surface area contributed by atoms with E-state index in [9.17, 15) is 18.7 Å². The van der Waals surface area contributed by atoms with E-state index in [0.29, 0.717) is 16.0 Å². The fourth-order valence-electron chi connectivity index (χ4n) is 3.23. The largest absolute Gasteiger partial charge is 0.404 e. The molecule has 1 heterocycles. The van der Waals surface area contributed by atoms with Crippen LogP contribution in [0.3, 0.4) is 0 Å². The Morgan fingerprint density at radius 2 is 1.97 bits per heavy atom. The number of nitrogens with zero attached hydrogens (tertiary/aromatic N) is 3. The van der Waals surface area contributed by atoms with Crippen molar-refractivity contribution < 1.29 is 18.7 Å². The molecule has 0 spiro atoms. The lowest BCUT2D eigenvalue weighted by Gasteiger charge is -2.49. The molecule has 7 nitrogen and oxygen atoms in total. The number of aliphatic hydroxyl groups is 1. The predicted molar refractivity (Wildman–Crippen MR) is 120 cm³/mol. The summed E-state index contributed by atoms with van der Waals surface area (Å²) in [7, 11) is 3.05. The van der Waals surface area contributed by atoms with Gasteiger partial charge in [0.1, 0.15) is 5.69 Å². The molecule has 0 aromatic heterocycles. The van der Waals surface area contributed by atoms with Crippen molar-refractivity contribution in [2.24, 2.45) is 16.5 Å². The topological polar surface area (TPSA) is 108 Å². The zero-order valence-corrected chi connectivity index (χ0v) is 18.1. The van der Waals surface area contributed by atoms with Gasteiger partial charge in [0.25, 0.3) is 0 Å². The number of allylic oxidation sites excluding steroid dienone is 1. The van der Waals surface area contributed by atoms with Gasteiger partial charge in [0.15, 0.2) is 18.0 Å². The molecule has 0 radical (unpaired) electrons. The number of halogens is 2. The third-order valence-corrected chi connectivity index (χ3v) is 5.36. The highest BCUT2D eigenvalue weighted by Gasteiger charge is 2.48. The number of anilines is 1. The number of hydrogen-bond donors (Lipinski definition) is 3. The number of likely N-dealkylation sites (N-methyl/N-ethyl adjacent to an activating group) is 1. The molecule has 2 atom stereocenters. The first-order valence-electron chi connectivity index (χ1n) is 9.10. The number of rotatable bonds is 4. The van der Waals surface area contributed by atoms with Crippen molar-refractivity contribution in [1.29, 1.82) is 0 Å². The van der Waals surface area contributed by atoms with Crippen LogP contribution in [0.2, 0.25) is 0 Å². The zero-order valence-electron chi connectivity index (χ0n) is 17.3. The van der Waals surface area contributed by atoms with Crippen LogP contribution < -0.4 is 16.4 Å². The molecule has 1 amide bonds. The summed E-state index contributed by atoms with van der Waals surface area (Å²) < 4.78 is 29.7. The van der Waals surface area contributed by atoms with Crippen molar-refractivity contribution in [2.75, 3.05) is 19.0 Å². The fourth-order valence-corrected chi connectivity index (χ4v) is 3.37. The molecule has 0 aliphatic carbocycles. The van der Waals surface area contributed by atoms with Gasteiger partial charge in [-0.3, -0.25) is 19.6 Å². The Morgan fingerprint density at radius 3 is 2.45 bits per heavy atom. The molecule has 5 N–H and O–H groups in total. The van der Waals surface area contributed by atoms with Crippen LogP contribution in [0.15, 0.2) is 40.7 Å². The lowest BCUT2D eigenvalue weighted by Crippen LogP contribution is -2.65. The van der Waals surface area contributed by atoms with Gasteiger partial charge in [-0.25, -0.2) is 8.78 Å². The van der Waals surface area contributed by atoms with Gasteiger partial charge in [-0.1, -0.05) is 24.1 Å². The maximum absolute atomic E-state index is 14.8. The SMILES string of the molecule is CN=CC(=CN)[C@]1(C)CC(=O)N(c2c(F)cc(C#CC(C=S)=CN)cc2F)C(O)N1C. The minimum absolute atomic E-state index is 0.0135. The minimum atomic E-state index is -1.66. The standard InChI is InChI=1S/C21H23F2N5O2S/c1-21(15(10-25)11-26-2)8-18(29)28(20(30)27(21)3)19-16(22)6-13(7-17(19)23)4-5-14(9-24)12-31/h6-7,9-12,20,30H,8,24-25H2,1-3H3/t20?,21-/m0/s1. The summed E-state index contributed by atoms with van der Waals surface area (Å²) in [6, 6.07) is 1.93. The molecule has 0 saturated carbocycles. The second kappa shape index (κ2) is 9.78. The van der Waals surface area contributed by atoms with Gasteiger partial charge in [0.2, 0.25) is 5.91 Å². The van der Waals surface area contributed by atoms with Crippen LogP contribution >= 0.6 is 12.2 Å². The van der Waals surface area contributed by atoms with Crippen LogP contribution in [-0.2, 0) is 4.79 Å². The van der Waals surface area contributed by atoms with Crippen LogP contribution in [0.1, 0.15) is 18.9 Å². The van der Waals surface area contributed by atoms with E-state index in [4.69, 9.17) is 23.7 Å². The van der Waals surface area contributed by atoms with Gasteiger partial charge in [-0.2, -0.15) is 0 Å². The van der Waals surface area contributed by atoms with E-state index >= 15 is 0 Å². The highest BCUT2D eigenvalue weighted by Crippen LogP contribution is 2.37. The summed E-state index contributed by atoms with van der Waals surface area (Å²) in [5, 5.41) is 12.0. The molecule has 10 heteroatoms. The lowest BCUT2D eigenvalue weighted by atomic mass is 9.85. The molecular weight excluding hydrogens is 424 g/mol. The first-order valence-corrected chi connectivity index (χ1v) is 9.57. The fraction of sp³-hybridized carbons (Fsp3) is 0.286. The molecular formula is C21H23F2N5O2S. The molecule has 2 rings (SSSR count). The summed E-state index contributed by atoms with van der Waals surface area (Å²) in [4.78, 5) is 18.9. The van der Waals surface area contributed by atoms with E-state index in [1.165, 1.54) is 43.0 Å². The van der Waals surface area contributed by atoms with E-state index in [1.54, 1.807) is 6.92 Å². The number of benzene rings is 1. The monoisotopic (exact) mass is 447 g/mol. The normalized spacial score (nSPS) is 23.1. The van der Waals surface area contributed by atoms with Crippen molar-refractivity contribution in [3.8, 4) is 11.8 Å². The summed E-state index contributed by atoms with van der Waals surface area (Å²) >= 11 is 4.72. The van der Waals surface area contributed by atoms with Gasteiger partial charge < -0.3 is 16.6 Å². The molecule has 1 fully saturated rings. The zero-order chi connectivity index (χ0) is 23.3. The molecule has 31 heavy (non-hydrogen) atoms. The number of amides is 1. The Kier molecular flexibility index (Phi) is 7.62. The van der Waals surface area contributed by atoms with Crippen LogP contribution in [-0.4, -0.2) is 53.5 Å². The molecule has 1 saturated heterocycles. The maximum atomic E-state index is 14.8. The van der Waals surface area contributed by atoms with Crippen molar-refractivity contribution >= 4 is 35.4 Å².